The number of rotatable bonds is 2. The smallest absolute Gasteiger partial charge is 0.335 e. The van der Waals surface area contributed by atoms with Crippen molar-refractivity contribution in [1.82, 2.24) is 4.57 Å². The van der Waals surface area contributed by atoms with E-state index in [0.29, 0.717) is 5.56 Å². The molecule has 1 N–H and O–H groups in total. The number of carbonyl (C=O) groups is 1. The maximum Gasteiger partial charge on any atom is 0.335 e. The molecule has 2 aliphatic rings. The van der Waals surface area contributed by atoms with E-state index in [-0.39, 0.29) is 5.41 Å². The highest BCUT2D eigenvalue weighted by molar-refractivity contribution is 7.99. The summed E-state index contributed by atoms with van der Waals surface area (Å²) in [6.45, 7) is 4.74. The fraction of sp³-hybridized carbons (Fsp3) is 0.320. The zero-order chi connectivity index (χ0) is 20.3. The third-order valence-electron chi connectivity index (χ3n) is 6.55. The molecule has 1 aromatic heterocycles. The van der Waals surface area contributed by atoms with E-state index in [9.17, 15) is 9.90 Å². The van der Waals surface area contributed by atoms with Gasteiger partial charge >= 0.3 is 5.97 Å². The third kappa shape index (κ3) is 2.93. The van der Waals surface area contributed by atoms with E-state index in [1.165, 1.54) is 50.6 Å². The molecule has 2 heterocycles. The van der Waals surface area contributed by atoms with Crippen LogP contribution in [0.1, 0.15) is 47.3 Å². The predicted octanol–water partition coefficient (Wildman–Crippen LogP) is 5.93. The van der Waals surface area contributed by atoms with E-state index in [1.54, 1.807) is 12.1 Å². The SMILES string of the molecule is Cn1cc(-c2ccc(C(=O)O)cc2)c2c1-c1cc3c(cc1CC2)C(C)(C)CCS3. The Kier molecular flexibility index (Phi) is 4.18. The number of carboxylic acid groups (broad SMARTS) is 1. The van der Waals surface area contributed by atoms with Crippen molar-refractivity contribution in [3.05, 3.63) is 64.8 Å². The van der Waals surface area contributed by atoms with Crippen molar-refractivity contribution in [2.24, 2.45) is 7.05 Å². The lowest BCUT2D eigenvalue weighted by Gasteiger charge is -2.34. The van der Waals surface area contributed by atoms with Crippen molar-refractivity contribution < 1.29 is 9.90 Å². The maximum atomic E-state index is 11.2. The minimum absolute atomic E-state index is 0.251. The number of benzene rings is 2. The molecule has 4 heteroatoms. The van der Waals surface area contributed by atoms with Gasteiger partial charge in [0.15, 0.2) is 0 Å². The molecule has 0 amide bonds. The molecule has 0 spiro atoms. The number of hydrogen-bond donors (Lipinski definition) is 1. The summed E-state index contributed by atoms with van der Waals surface area (Å²) in [5, 5.41) is 9.18. The highest BCUT2D eigenvalue weighted by Gasteiger charge is 2.31. The number of aromatic carboxylic acids is 1. The average molecular weight is 404 g/mol. The first-order valence-corrected chi connectivity index (χ1v) is 11.2. The lowest BCUT2D eigenvalue weighted by molar-refractivity contribution is 0.0697. The molecule has 0 atom stereocenters. The zero-order valence-electron chi connectivity index (χ0n) is 17.1. The van der Waals surface area contributed by atoms with Gasteiger partial charge in [-0.2, -0.15) is 0 Å². The minimum atomic E-state index is -0.884. The number of nitrogens with zero attached hydrogens (tertiary/aromatic N) is 1. The standard InChI is InChI=1S/C25H25NO2S/c1-25(2)10-11-29-22-13-19-17(12-21(22)25)8-9-18-20(14-26(3)23(18)19)15-4-6-16(7-5-15)24(27)28/h4-7,12-14H,8-11H2,1-3H3,(H,27,28). The monoisotopic (exact) mass is 403 g/mol. The number of carboxylic acids is 1. The molecule has 0 saturated heterocycles. The van der Waals surface area contributed by atoms with Crippen molar-refractivity contribution in [1.29, 1.82) is 0 Å². The van der Waals surface area contributed by atoms with Gasteiger partial charge < -0.3 is 9.67 Å². The van der Waals surface area contributed by atoms with Crippen LogP contribution in [0.15, 0.2) is 47.5 Å². The third-order valence-corrected chi connectivity index (χ3v) is 7.60. The Hall–Kier alpha value is -2.46. The molecule has 29 heavy (non-hydrogen) atoms. The maximum absolute atomic E-state index is 11.2. The fourth-order valence-electron chi connectivity index (χ4n) is 4.83. The summed E-state index contributed by atoms with van der Waals surface area (Å²) >= 11 is 1.99. The zero-order valence-corrected chi connectivity index (χ0v) is 17.9. The molecular weight excluding hydrogens is 378 g/mol. The van der Waals surface area contributed by atoms with Gasteiger partial charge in [-0.3, -0.25) is 0 Å². The molecule has 1 aliphatic carbocycles. The van der Waals surface area contributed by atoms with E-state index in [4.69, 9.17) is 0 Å². The first kappa shape index (κ1) is 18.6. The van der Waals surface area contributed by atoms with Crippen molar-refractivity contribution in [3.63, 3.8) is 0 Å². The average Bonchev–Trinajstić information content (AvgIpc) is 3.04. The van der Waals surface area contributed by atoms with Crippen molar-refractivity contribution >= 4 is 17.7 Å². The van der Waals surface area contributed by atoms with Crippen molar-refractivity contribution in [3.8, 4) is 22.4 Å². The van der Waals surface area contributed by atoms with Crippen LogP contribution in [0.5, 0.6) is 0 Å². The van der Waals surface area contributed by atoms with Gasteiger partial charge in [-0.05, 0) is 70.9 Å². The highest BCUT2D eigenvalue weighted by atomic mass is 32.2. The summed E-state index contributed by atoms with van der Waals surface area (Å²) in [5.41, 5.74) is 9.91. The summed E-state index contributed by atoms with van der Waals surface area (Å²) in [4.78, 5) is 12.6. The van der Waals surface area contributed by atoms with Crippen LogP contribution in [-0.4, -0.2) is 21.4 Å². The second-order valence-electron chi connectivity index (χ2n) is 8.85. The molecule has 3 aromatic rings. The molecule has 3 nitrogen and oxygen atoms in total. The lowest BCUT2D eigenvalue weighted by Crippen LogP contribution is -2.23. The quantitative estimate of drug-likeness (QED) is 0.577. The summed E-state index contributed by atoms with van der Waals surface area (Å²) in [6.07, 6.45) is 5.51. The fourth-order valence-corrected chi connectivity index (χ4v) is 6.36. The number of fused-ring (bicyclic) bond motifs is 4. The molecule has 0 fully saturated rings. The Bertz CT molecular complexity index is 1140. The van der Waals surface area contributed by atoms with Crippen LogP contribution in [0, 0.1) is 0 Å². The Morgan fingerprint density at radius 3 is 2.59 bits per heavy atom. The van der Waals surface area contributed by atoms with Crippen LogP contribution in [0.25, 0.3) is 22.4 Å². The molecule has 2 aromatic carbocycles. The van der Waals surface area contributed by atoms with Gasteiger partial charge in [0.05, 0.1) is 11.3 Å². The Morgan fingerprint density at radius 2 is 1.86 bits per heavy atom. The second-order valence-corrected chi connectivity index (χ2v) is 9.99. The van der Waals surface area contributed by atoms with Gasteiger partial charge in [0.25, 0.3) is 0 Å². The van der Waals surface area contributed by atoms with Gasteiger partial charge in [-0.15, -0.1) is 11.8 Å². The number of thioether (sulfide) groups is 1. The van der Waals surface area contributed by atoms with Gasteiger partial charge in [-0.1, -0.05) is 32.0 Å². The van der Waals surface area contributed by atoms with Crippen LogP contribution in [-0.2, 0) is 25.3 Å². The van der Waals surface area contributed by atoms with Gasteiger partial charge in [0, 0.05) is 29.3 Å². The molecule has 5 rings (SSSR count). The normalized spacial score (nSPS) is 16.7. The summed E-state index contributed by atoms with van der Waals surface area (Å²) in [7, 11) is 2.12. The molecule has 0 unspecified atom stereocenters. The largest absolute Gasteiger partial charge is 0.478 e. The minimum Gasteiger partial charge on any atom is -0.478 e. The highest BCUT2D eigenvalue weighted by Crippen LogP contribution is 2.47. The number of aryl methyl sites for hydroxylation is 2. The van der Waals surface area contributed by atoms with Crippen LogP contribution >= 0.6 is 11.8 Å². The van der Waals surface area contributed by atoms with E-state index in [2.05, 4.69) is 43.8 Å². The summed E-state index contributed by atoms with van der Waals surface area (Å²) < 4.78 is 2.25. The Labute approximate surface area is 175 Å². The first-order chi connectivity index (χ1) is 13.8. The Balaban J connectivity index is 1.64. The molecular formula is C25H25NO2S. The molecule has 0 saturated carbocycles. The van der Waals surface area contributed by atoms with E-state index >= 15 is 0 Å². The van der Waals surface area contributed by atoms with E-state index < -0.39 is 5.97 Å². The molecule has 0 bridgehead atoms. The molecule has 148 valence electrons. The topological polar surface area (TPSA) is 42.2 Å². The van der Waals surface area contributed by atoms with E-state index in [1.807, 2.05) is 23.9 Å². The van der Waals surface area contributed by atoms with Crippen molar-refractivity contribution in [2.45, 2.75) is 43.4 Å². The molecule has 1 aliphatic heterocycles. The number of hydrogen-bond acceptors (Lipinski definition) is 2. The van der Waals surface area contributed by atoms with Gasteiger partial charge in [0.2, 0.25) is 0 Å². The summed E-state index contributed by atoms with van der Waals surface area (Å²) in [5.74, 6) is 0.297. The van der Waals surface area contributed by atoms with Gasteiger partial charge in [-0.25, -0.2) is 4.79 Å². The van der Waals surface area contributed by atoms with Gasteiger partial charge in [0.1, 0.15) is 0 Å². The van der Waals surface area contributed by atoms with E-state index in [0.717, 1.165) is 18.4 Å². The lowest BCUT2D eigenvalue weighted by atomic mass is 9.78. The van der Waals surface area contributed by atoms with Crippen LogP contribution < -0.4 is 0 Å². The predicted molar refractivity (Wildman–Crippen MR) is 119 cm³/mol. The first-order valence-electron chi connectivity index (χ1n) is 10.2. The van der Waals surface area contributed by atoms with Crippen molar-refractivity contribution in [2.75, 3.05) is 5.75 Å². The second kappa shape index (κ2) is 6.53. The number of aromatic nitrogens is 1. The van der Waals surface area contributed by atoms with Crippen LogP contribution in [0.2, 0.25) is 0 Å². The Morgan fingerprint density at radius 1 is 1.10 bits per heavy atom. The summed E-state index contributed by atoms with van der Waals surface area (Å²) in [6, 6.07) is 12.1. The van der Waals surface area contributed by atoms with Crippen LogP contribution in [0.3, 0.4) is 0 Å². The van der Waals surface area contributed by atoms with Crippen LogP contribution in [0.4, 0.5) is 0 Å². The molecule has 0 radical (unpaired) electrons.